The van der Waals surface area contributed by atoms with E-state index in [1.165, 1.54) is 0 Å². The van der Waals surface area contributed by atoms with Gasteiger partial charge in [0.25, 0.3) is 0 Å². The Morgan fingerprint density at radius 2 is 1.81 bits per heavy atom. The normalized spacial score (nSPS) is 14.1. The van der Waals surface area contributed by atoms with Crippen LogP contribution in [0.4, 0.5) is 0 Å². The van der Waals surface area contributed by atoms with Gasteiger partial charge in [0, 0.05) is 6.61 Å². The summed E-state index contributed by atoms with van der Waals surface area (Å²) in [6, 6.07) is 8.58. The van der Waals surface area contributed by atoms with E-state index in [9.17, 15) is 5.11 Å². The first-order chi connectivity index (χ1) is 7.69. The second kappa shape index (κ2) is 6.23. The van der Waals surface area contributed by atoms with Crippen LogP contribution in [-0.2, 0) is 6.42 Å². The minimum Gasteiger partial charge on any atom is -0.396 e. The van der Waals surface area contributed by atoms with Crippen molar-refractivity contribution in [2.75, 3.05) is 6.61 Å². The molecule has 0 aromatic heterocycles. The van der Waals surface area contributed by atoms with Gasteiger partial charge in [0.2, 0.25) is 0 Å². The molecule has 0 amide bonds. The van der Waals surface area contributed by atoms with Gasteiger partial charge < -0.3 is 15.3 Å². The van der Waals surface area contributed by atoms with Gasteiger partial charge in [0.15, 0.2) is 6.10 Å². The van der Waals surface area contributed by atoms with E-state index in [0.717, 1.165) is 12.0 Å². The molecule has 1 aromatic rings. The fourth-order valence-corrected chi connectivity index (χ4v) is 1.42. The molecule has 86 valence electrons. The summed E-state index contributed by atoms with van der Waals surface area (Å²) in [6.07, 6.45) is -1.10. The number of aryl methyl sites for hydroxylation is 1. The Bertz CT molecular complexity index is 356. The largest absolute Gasteiger partial charge is 0.396 e. The average Bonchev–Trinajstić information content (AvgIpc) is 2.35. The third kappa shape index (κ3) is 3.31. The van der Waals surface area contributed by atoms with Crippen molar-refractivity contribution in [3.8, 4) is 6.07 Å². The van der Waals surface area contributed by atoms with Crippen LogP contribution in [0.3, 0.4) is 0 Å². The van der Waals surface area contributed by atoms with Crippen LogP contribution in [0, 0.1) is 11.3 Å². The molecule has 1 aromatic carbocycles. The molecule has 0 saturated carbocycles. The molecule has 16 heavy (non-hydrogen) atoms. The van der Waals surface area contributed by atoms with Gasteiger partial charge in [-0.05, 0) is 24.0 Å². The summed E-state index contributed by atoms with van der Waals surface area (Å²) >= 11 is 0. The van der Waals surface area contributed by atoms with E-state index in [1.807, 2.05) is 12.1 Å². The van der Waals surface area contributed by atoms with E-state index < -0.39 is 12.2 Å². The number of nitrogens with zero attached hydrogens (tertiary/aromatic N) is 1. The average molecular weight is 221 g/mol. The lowest BCUT2D eigenvalue weighted by atomic mass is 10.0. The zero-order valence-corrected chi connectivity index (χ0v) is 8.87. The minimum atomic E-state index is -1.40. The van der Waals surface area contributed by atoms with Crippen LogP contribution in [0.1, 0.15) is 23.7 Å². The SMILES string of the molecule is N#CC(O)C(O)c1ccc(CCCO)cc1. The molecular weight excluding hydrogens is 206 g/mol. The highest BCUT2D eigenvalue weighted by Gasteiger charge is 2.16. The van der Waals surface area contributed by atoms with Crippen molar-refractivity contribution < 1.29 is 15.3 Å². The van der Waals surface area contributed by atoms with Gasteiger partial charge in [-0.1, -0.05) is 24.3 Å². The summed E-state index contributed by atoms with van der Waals surface area (Å²) < 4.78 is 0. The van der Waals surface area contributed by atoms with Crippen molar-refractivity contribution in [1.29, 1.82) is 5.26 Å². The lowest BCUT2D eigenvalue weighted by molar-refractivity contribution is 0.0528. The number of hydrogen-bond donors (Lipinski definition) is 3. The van der Waals surface area contributed by atoms with Crippen LogP contribution in [0.5, 0.6) is 0 Å². The van der Waals surface area contributed by atoms with E-state index in [0.29, 0.717) is 12.0 Å². The molecule has 0 radical (unpaired) electrons. The quantitative estimate of drug-likeness (QED) is 0.633. The van der Waals surface area contributed by atoms with Gasteiger partial charge in [-0.3, -0.25) is 0 Å². The first-order valence-corrected chi connectivity index (χ1v) is 5.14. The summed E-state index contributed by atoms with van der Waals surface area (Å²) in [5.74, 6) is 0. The van der Waals surface area contributed by atoms with Crippen molar-refractivity contribution in [2.24, 2.45) is 0 Å². The molecule has 1 rings (SSSR count). The van der Waals surface area contributed by atoms with Crippen molar-refractivity contribution in [1.82, 2.24) is 0 Å². The molecule has 2 atom stereocenters. The van der Waals surface area contributed by atoms with Crippen LogP contribution < -0.4 is 0 Å². The molecule has 0 aliphatic carbocycles. The van der Waals surface area contributed by atoms with Gasteiger partial charge in [-0.2, -0.15) is 5.26 Å². The molecule has 0 bridgehead atoms. The monoisotopic (exact) mass is 221 g/mol. The van der Waals surface area contributed by atoms with Crippen molar-refractivity contribution in [2.45, 2.75) is 25.0 Å². The Morgan fingerprint density at radius 3 is 2.31 bits per heavy atom. The van der Waals surface area contributed by atoms with Crippen LogP contribution >= 0.6 is 0 Å². The van der Waals surface area contributed by atoms with Crippen molar-refractivity contribution in [3.05, 3.63) is 35.4 Å². The zero-order valence-electron chi connectivity index (χ0n) is 8.87. The molecule has 0 fully saturated rings. The zero-order chi connectivity index (χ0) is 12.0. The first-order valence-electron chi connectivity index (χ1n) is 5.14. The van der Waals surface area contributed by atoms with Gasteiger partial charge in [0.05, 0.1) is 6.07 Å². The maximum atomic E-state index is 9.54. The lowest BCUT2D eigenvalue weighted by Crippen LogP contribution is -2.15. The van der Waals surface area contributed by atoms with Gasteiger partial charge in [-0.25, -0.2) is 0 Å². The predicted molar refractivity (Wildman–Crippen MR) is 58.4 cm³/mol. The Morgan fingerprint density at radius 1 is 1.19 bits per heavy atom. The smallest absolute Gasteiger partial charge is 0.170 e. The second-order valence-electron chi connectivity index (χ2n) is 3.59. The second-order valence-corrected chi connectivity index (χ2v) is 3.59. The summed E-state index contributed by atoms with van der Waals surface area (Å²) in [7, 11) is 0. The Balaban J connectivity index is 2.67. The van der Waals surface area contributed by atoms with Crippen LogP contribution in [0.25, 0.3) is 0 Å². The Labute approximate surface area is 94.4 Å². The molecule has 0 aliphatic rings. The highest BCUT2D eigenvalue weighted by Crippen LogP contribution is 2.17. The highest BCUT2D eigenvalue weighted by atomic mass is 16.3. The Hall–Kier alpha value is -1.41. The number of benzene rings is 1. The van der Waals surface area contributed by atoms with Crippen LogP contribution in [0.2, 0.25) is 0 Å². The molecule has 3 N–H and O–H groups in total. The molecule has 4 heteroatoms. The topological polar surface area (TPSA) is 84.5 Å². The molecule has 0 aliphatic heterocycles. The number of hydrogen-bond acceptors (Lipinski definition) is 4. The number of rotatable bonds is 5. The number of nitriles is 1. The standard InChI is InChI=1S/C12H15NO3/c13-8-11(15)12(16)10-5-3-9(4-6-10)2-1-7-14/h3-6,11-12,14-16H,1-2,7H2. The van der Waals surface area contributed by atoms with Crippen molar-refractivity contribution >= 4 is 0 Å². The Kier molecular flexibility index (Phi) is 4.93. The molecule has 0 heterocycles. The number of aliphatic hydroxyl groups excluding tert-OH is 3. The third-order valence-corrected chi connectivity index (χ3v) is 2.38. The van der Waals surface area contributed by atoms with Gasteiger partial charge in [-0.15, -0.1) is 0 Å². The summed E-state index contributed by atoms with van der Waals surface area (Å²) in [5.41, 5.74) is 1.57. The molecule has 4 nitrogen and oxygen atoms in total. The van der Waals surface area contributed by atoms with Gasteiger partial charge in [0.1, 0.15) is 6.10 Å². The molecule has 0 saturated heterocycles. The van der Waals surface area contributed by atoms with Crippen molar-refractivity contribution in [3.63, 3.8) is 0 Å². The third-order valence-electron chi connectivity index (χ3n) is 2.38. The molecule has 0 spiro atoms. The molecular formula is C12H15NO3. The number of aliphatic hydroxyl groups is 3. The van der Waals surface area contributed by atoms with E-state index in [1.54, 1.807) is 18.2 Å². The summed E-state index contributed by atoms with van der Waals surface area (Å²) in [4.78, 5) is 0. The lowest BCUT2D eigenvalue weighted by Gasteiger charge is -2.12. The van der Waals surface area contributed by atoms with E-state index in [2.05, 4.69) is 0 Å². The minimum absolute atomic E-state index is 0.150. The maximum absolute atomic E-state index is 9.54. The fourth-order valence-electron chi connectivity index (χ4n) is 1.42. The van der Waals surface area contributed by atoms with Gasteiger partial charge >= 0.3 is 0 Å². The maximum Gasteiger partial charge on any atom is 0.170 e. The van der Waals surface area contributed by atoms with E-state index >= 15 is 0 Å². The summed E-state index contributed by atoms with van der Waals surface area (Å²) in [6.45, 7) is 0.150. The van der Waals surface area contributed by atoms with E-state index in [4.69, 9.17) is 15.5 Å². The fraction of sp³-hybridized carbons (Fsp3) is 0.417. The van der Waals surface area contributed by atoms with Crippen LogP contribution in [-0.4, -0.2) is 28.0 Å². The molecule has 2 unspecified atom stereocenters. The predicted octanol–water partition coefficient (Wildman–Crippen LogP) is 0.529. The first kappa shape index (κ1) is 12.7. The van der Waals surface area contributed by atoms with E-state index in [-0.39, 0.29) is 6.61 Å². The highest BCUT2D eigenvalue weighted by molar-refractivity contribution is 5.25. The van der Waals surface area contributed by atoms with Crippen LogP contribution in [0.15, 0.2) is 24.3 Å². The summed E-state index contributed by atoms with van der Waals surface area (Å²) in [5, 5.41) is 35.8.